The van der Waals surface area contributed by atoms with E-state index in [1.54, 1.807) is 0 Å². The summed E-state index contributed by atoms with van der Waals surface area (Å²) in [4.78, 5) is 0. The first-order valence-corrected chi connectivity index (χ1v) is 7.63. The highest BCUT2D eigenvalue weighted by atomic mass is 16.5. The summed E-state index contributed by atoms with van der Waals surface area (Å²) >= 11 is 0. The maximum atomic E-state index is 6.07. The van der Waals surface area contributed by atoms with Crippen LogP contribution in [0, 0.1) is 0 Å². The van der Waals surface area contributed by atoms with Crippen LogP contribution >= 0.6 is 0 Å². The fourth-order valence-electron chi connectivity index (χ4n) is 3.62. The van der Waals surface area contributed by atoms with Crippen LogP contribution in [0.5, 0.6) is 5.75 Å². The van der Waals surface area contributed by atoms with E-state index in [0.717, 1.165) is 5.75 Å². The summed E-state index contributed by atoms with van der Waals surface area (Å²) in [5.41, 5.74) is 3.78. The Labute approximate surface area is 128 Å². The van der Waals surface area contributed by atoms with Gasteiger partial charge in [0.05, 0.1) is 11.6 Å². The lowest BCUT2D eigenvalue weighted by molar-refractivity contribution is 0.262. The normalized spacial score (nSPS) is 16.8. The average molecular weight is 285 g/mol. The van der Waals surface area contributed by atoms with Crippen LogP contribution in [0.3, 0.4) is 0 Å². The zero-order chi connectivity index (χ0) is 14.5. The monoisotopic (exact) mass is 285 g/mol. The fraction of sp³-hybridized carbons (Fsp3) is 0.100. The second-order valence-corrected chi connectivity index (χ2v) is 5.78. The van der Waals surface area contributed by atoms with Crippen LogP contribution in [-0.2, 0) is 0 Å². The number of nitrogens with zero attached hydrogens (tertiary/aromatic N) is 1. The molecule has 1 atom stereocenters. The van der Waals surface area contributed by atoms with Gasteiger partial charge in [-0.3, -0.25) is 0 Å². The predicted octanol–water partition coefficient (Wildman–Crippen LogP) is 4.78. The highest BCUT2D eigenvalue weighted by molar-refractivity contribution is 6.10. The predicted molar refractivity (Wildman–Crippen MR) is 89.5 cm³/mol. The van der Waals surface area contributed by atoms with Gasteiger partial charge in [-0.05, 0) is 17.7 Å². The standard InChI is InChI=1S/C20H15NO/c1-2-7-14(8-3-1)18-13-22-19-12-6-10-16-15-9-4-5-11-17(15)21(18)20(16)19/h1-12,18H,13H2. The van der Waals surface area contributed by atoms with Crippen molar-refractivity contribution in [3.63, 3.8) is 0 Å². The third kappa shape index (κ3) is 1.49. The number of ether oxygens (including phenoxy) is 1. The van der Waals surface area contributed by atoms with Gasteiger partial charge in [-0.25, -0.2) is 0 Å². The van der Waals surface area contributed by atoms with Crippen LogP contribution in [0.15, 0.2) is 72.8 Å². The summed E-state index contributed by atoms with van der Waals surface area (Å²) in [5.74, 6) is 0.987. The van der Waals surface area contributed by atoms with Gasteiger partial charge in [0.15, 0.2) is 0 Å². The lowest BCUT2D eigenvalue weighted by Gasteiger charge is -2.27. The Hall–Kier alpha value is -2.74. The van der Waals surface area contributed by atoms with Crippen LogP contribution in [-0.4, -0.2) is 11.2 Å². The van der Waals surface area contributed by atoms with Crippen molar-refractivity contribution in [3.8, 4) is 5.75 Å². The molecule has 106 valence electrons. The highest BCUT2D eigenvalue weighted by Crippen LogP contribution is 2.41. The van der Waals surface area contributed by atoms with Gasteiger partial charge in [0.1, 0.15) is 12.4 Å². The smallest absolute Gasteiger partial charge is 0.143 e. The van der Waals surface area contributed by atoms with Crippen molar-refractivity contribution in [3.05, 3.63) is 78.4 Å². The molecule has 0 bridgehead atoms. The first kappa shape index (κ1) is 11.9. The molecule has 1 aliphatic rings. The highest BCUT2D eigenvalue weighted by Gasteiger charge is 2.26. The quantitative estimate of drug-likeness (QED) is 0.491. The molecular weight excluding hydrogens is 270 g/mol. The maximum Gasteiger partial charge on any atom is 0.143 e. The van der Waals surface area contributed by atoms with Crippen molar-refractivity contribution in [1.29, 1.82) is 0 Å². The maximum absolute atomic E-state index is 6.07. The molecule has 0 saturated heterocycles. The Morgan fingerprint density at radius 3 is 2.45 bits per heavy atom. The minimum Gasteiger partial charge on any atom is -0.489 e. The number of hydrogen-bond acceptors (Lipinski definition) is 1. The summed E-state index contributed by atoms with van der Waals surface area (Å²) in [7, 11) is 0. The van der Waals surface area contributed by atoms with Crippen molar-refractivity contribution in [2.45, 2.75) is 6.04 Å². The van der Waals surface area contributed by atoms with Gasteiger partial charge in [0.2, 0.25) is 0 Å². The summed E-state index contributed by atoms with van der Waals surface area (Å²) in [6, 6.07) is 25.8. The topological polar surface area (TPSA) is 14.2 Å². The van der Waals surface area contributed by atoms with E-state index in [1.807, 2.05) is 0 Å². The first-order valence-electron chi connectivity index (χ1n) is 7.63. The Morgan fingerprint density at radius 2 is 1.55 bits per heavy atom. The van der Waals surface area contributed by atoms with Gasteiger partial charge in [-0.15, -0.1) is 0 Å². The Bertz CT molecular complexity index is 985. The third-order valence-electron chi connectivity index (χ3n) is 4.59. The molecule has 3 aromatic carbocycles. The van der Waals surface area contributed by atoms with Crippen molar-refractivity contribution < 1.29 is 4.74 Å². The second kappa shape index (κ2) is 4.38. The summed E-state index contributed by atoms with van der Waals surface area (Å²) < 4.78 is 8.51. The van der Waals surface area contributed by atoms with E-state index in [-0.39, 0.29) is 6.04 Å². The third-order valence-corrected chi connectivity index (χ3v) is 4.59. The number of hydrogen-bond donors (Lipinski definition) is 0. The van der Waals surface area contributed by atoms with Crippen molar-refractivity contribution in [2.24, 2.45) is 0 Å². The molecule has 4 aromatic rings. The van der Waals surface area contributed by atoms with Crippen molar-refractivity contribution in [1.82, 2.24) is 4.57 Å². The van der Waals surface area contributed by atoms with Gasteiger partial charge < -0.3 is 9.30 Å². The molecule has 0 aliphatic carbocycles. The zero-order valence-electron chi connectivity index (χ0n) is 12.1. The van der Waals surface area contributed by atoms with Crippen molar-refractivity contribution >= 4 is 21.8 Å². The van der Waals surface area contributed by atoms with E-state index < -0.39 is 0 Å². The number of fused-ring (bicyclic) bond motifs is 3. The number of rotatable bonds is 1. The van der Waals surface area contributed by atoms with E-state index in [0.29, 0.717) is 6.61 Å². The molecule has 22 heavy (non-hydrogen) atoms. The van der Waals surface area contributed by atoms with Crippen LogP contribution in [0.2, 0.25) is 0 Å². The molecule has 2 heteroatoms. The molecule has 0 saturated carbocycles. The molecule has 5 rings (SSSR count). The number of para-hydroxylation sites is 2. The first-order chi connectivity index (χ1) is 10.9. The molecule has 1 aliphatic heterocycles. The van der Waals surface area contributed by atoms with Crippen LogP contribution in [0.25, 0.3) is 21.8 Å². The van der Waals surface area contributed by atoms with Gasteiger partial charge >= 0.3 is 0 Å². The van der Waals surface area contributed by atoms with Crippen LogP contribution in [0.1, 0.15) is 11.6 Å². The van der Waals surface area contributed by atoms with E-state index >= 15 is 0 Å². The molecule has 0 N–H and O–H groups in total. The second-order valence-electron chi connectivity index (χ2n) is 5.78. The molecule has 0 spiro atoms. The molecule has 2 nitrogen and oxygen atoms in total. The van der Waals surface area contributed by atoms with Crippen molar-refractivity contribution in [2.75, 3.05) is 6.61 Å². The molecular formula is C20H15NO. The average Bonchev–Trinajstić information content (AvgIpc) is 2.93. The molecule has 2 heterocycles. The Morgan fingerprint density at radius 1 is 0.773 bits per heavy atom. The van der Waals surface area contributed by atoms with Gasteiger partial charge in [-0.1, -0.05) is 60.7 Å². The minimum absolute atomic E-state index is 0.221. The van der Waals surface area contributed by atoms with Crippen LogP contribution < -0.4 is 4.74 Å². The summed E-state index contributed by atoms with van der Waals surface area (Å²) in [5, 5.41) is 2.57. The molecule has 0 radical (unpaired) electrons. The molecule has 1 unspecified atom stereocenters. The molecule has 1 aromatic heterocycles. The zero-order valence-corrected chi connectivity index (χ0v) is 12.1. The van der Waals surface area contributed by atoms with Gasteiger partial charge in [-0.2, -0.15) is 0 Å². The van der Waals surface area contributed by atoms with E-state index in [4.69, 9.17) is 4.74 Å². The van der Waals surface area contributed by atoms with Gasteiger partial charge in [0.25, 0.3) is 0 Å². The van der Waals surface area contributed by atoms with E-state index in [1.165, 1.54) is 27.4 Å². The lowest BCUT2D eigenvalue weighted by atomic mass is 10.1. The van der Waals surface area contributed by atoms with E-state index in [9.17, 15) is 0 Å². The summed E-state index contributed by atoms with van der Waals surface area (Å²) in [6.45, 7) is 0.675. The fourth-order valence-corrected chi connectivity index (χ4v) is 3.62. The lowest BCUT2D eigenvalue weighted by Crippen LogP contribution is -2.22. The number of benzene rings is 3. The molecule has 0 amide bonds. The van der Waals surface area contributed by atoms with Crippen LogP contribution in [0.4, 0.5) is 0 Å². The molecule has 0 fully saturated rings. The number of aromatic nitrogens is 1. The summed E-state index contributed by atoms with van der Waals surface area (Å²) in [6.07, 6.45) is 0. The largest absolute Gasteiger partial charge is 0.489 e. The van der Waals surface area contributed by atoms with E-state index in [2.05, 4.69) is 77.4 Å². The Kier molecular flexibility index (Phi) is 2.36. The van der Waals surface area contributed by atoms with Gasteiger partial charge in [0, 0.05) is 16.3 Å². The SMILES string of the molecule is c1ccc(C2COc3cccc4c5ccccc5n2c34)cc1. The Balaban J connectivity index is 1.92. The minimum atomic E-state index is 0.221.